The van der Waals surface area contributed by atoms with E-state index in [1.165, 1.54) is 23.1 Å². The van der Waals surface area contributed by atoms with E-state index in [1.807, 2.05) is 12.1 Å². The van der Waals surface area contributed by atoms with Crippen LogP contribution in [0.3, 0.4) is 0 Å². The van der Waals surface area contributed by atoms with Gasteiger partial charge in [0.2, 0.25) is 0 Å². The zero-order valence-electron chi connectivity index (χ0n) is 13.1. The minimum Gasteiger partial charge on any atom is -0.331 e. The summed E-state index contributed by atoms with van der Waals surface area (Å²) in [6.45, 7) is 2.07. The fraction of sp³-hybridized carbons (Fsp3) is 0.0526. The van der Waals surface area contributed by atoms with Gasteiger partial charge in [-0.05, 0) is 54.2 Å². The van der Waals surface area contributed by atoms with Crippen molar-refractivity contribution in [1.29, 1.82) is 0 Å². The van der Waals surface area contributed by atoms with Crippen LogP contribution in [0.2, 0.25) is 0 Å². The van der Waals surface area contributed by atoms with Gasteiger partial charge in [-0.15, -0.1) is 0 Å². The number of halogens is 1. The topological polar surface area (TPSA) is 36.4 Å². The summed E-state index contributed by atoms with van der Waals surface area (Å²) in [6.07, 6.45) is 1.73. The first-order valence-corrected chi connectivity index (χ1v) is 7.88. The van der Waals surface area contributed by atoms with E-state index in [4.69, 9.17) is 12.2 Å². The lowest BCUT2D eigenvalue weighted by Crippen LogP contribution is -2.23. The molecule has 0 atom stereocenters. The SMILES string of the molecule is Cc1ccc2c(C=NNC(=S)Nc3ccc(F)cc3)cccc2c1. The van der Waals surface area contributed by atoms with Gasteiger partial charge in [0.1, 0.15) is 5.82 Å². The molecule has 2 N–H and O–H groups in total. The van der Waals surface area contributed by atoms with Gasteiger partial charge in [-0.25, -0.2) is 4.39 Å². The molecular formula is C19H16FN3S. The Morgan fingerprint density at radius 1 is 1.08 bits per heavy atom. The average Bonchev–Trinajstić information content (AvgIpc) is 2.57. The van der Waals surface area contributed by atoms with Crippen LogP contribution in [-0.2, 0) is 0 Å². The Bertz CT molecular complexity index is 904. The van der Waals surface area contributed by atoms with Crippen LogP contribution < -0.4 is 10.7 Å². The van der Waals surface area contributed by atoms with Crippen molar-refractivity contribution in [3.05, 3.63) is 77.6 Å². The molecule has 0 unspecified atom stereocenters. The van der Waals surface area contributed by atoms with E-state index in [2.05, 4.69) is 47.0 Å². The Kier molecular flexibility index (Phi) is 4.82. The molecule has 5 heteroatoms. The van der Waals surface area contributed by atoms with E-state index in [0.717, 1.165) is 10.9 Å². The van der Waals surface area contributed by atoms with Crippen LogP contribution in [0.5, 0.6) is 0 Å². The highest BCUT2D eigenvalue weighted by atomic mass is 32.1. The van der Waals surface area contributed by atoms with Gasteiger partial charge < -0.3 is 5.32 Å². The Morgan fingerprint density at radius 3 is 2.67 bits per heavy atom. The summed E-state index contributed by atoms with van der Waals surface area (Å²) >= 11 is 5.17. The second-order valence-electron chi connectivity index (χ2n) is 5.40. The summed E-state index contributed by atoms with van der Waals surface area (Å²) in [5.41, 5.74) is 5.69. The summed E-state index contributed by atoms with van der Waals surface area (Å²) in [4.78, 5) is 0. The Morgan fingerprint density at radius 2 is 1.88 bits per heavy atom. The number of aryl methyl sites for hydroxylation is 1. The molecule has 0 spiro atoms. The first-order chi connectivity index (χ1) is 11.6. The molecule has 0 aromatic heterocycles. The van der Waals surface area contributed by atoms with Crippen molar-refractivity contribution < 1.29 is 4.39 Å². The van der Waals surface area contributed by atoms with Crippen LogP contribution in [0.1, 0.15) is 11.1 Å². The number of thiocarbonyl (C=S) groups is 1. The van der Waals surface area contributed by atoms with E-state index < -0.39 is 0 Å². The predicted octanol–water partition coefficient (Wildman–Crippen LogP) is 4.61. The van der Waals surface area contributed by atoms with Gasteiger partial charge >= 0.3 is 0 Å². The number of benzene rings is 3. The Balaban J connectivity index is 1.68. The molecule has 3 aromatic rings. The third-order valence-corrected chi connectivity index (χ3v) is 3.73. The monoisotopic (exact) mass is 337 g/mol. The molecule has 3 aromatic carbocycles. The molecule has 0 heterocycles. The summed E-state index contributed by atoms with van der Waals surface area (Å²) in [5, 5.41) is 9.76. The smallest absolute Gasteiger partial charge is 0.191 e. The number of hydrogen-bond donors (Lipinski definition) is 2. The highest BCUT2D eigenvalue weighted by Crippen LogP contribution is 2.18. The van der Waals surface area contributed by atoms with Gasteiger partial charge in [0.05, 0.1) is 6.21 Å². The maximum absolute atomic E-state index is 12.9. The van der Waals surface area contributed by atoms with Crippen LogP contribution in [-0.4, -0.2) is 11.3 Å². The summed E-state index contributed by atoms with van der Waals surface area (Å²) < 4.78 is 12.9. The molecule has 24 heavy (non-hydrogen) atoms. The minimum atomic E-state index is -0.288. The van der Waals surface area contributed by atoms with E-state index in [0.29, 0.717) is 10.8 Å². The molecule has 0 amide bonds. The molecular weight excluding hydrogens is 321 g/mol. The van der Waals surface area contributed by atoms with E-state index in [1.54, 1.807) is 18.3 Å². The van der Waals surface area contributed by atoms with Crippen LogP contribution in [0.4, 0.5) is 10.1 Å². The Labute approximate surface area is 145 Å². The maximum atomic E-state index is 12.9. The zero-order chi connectivity index (χ0) is 16.9. The van der Waals surface area contributed by atoms with Crippen LogP contribution in [0.25, 0.3) is 10.8 Å². The van der Waals surface area contributed by atoms with Crippen LogP contribution in [0, 0.1) is 12.7 Å². The largest absolute Gasteiger partial charge is 0.331 e. The van der Waals surface area contributed by atoms with Crippen molar-refractivity contribution in [3.8, 4) is 0 Å². The summed E-state index contributed by atoms with van der Waals surface area (Å²) in [7, 11) is 0. The third-order valence-electron chi connectivity index (χ3n) is 3.54. The van der Waals surface area contributed by atoms with Crippen molar-refractivity contribution in [1.82, 2.24) is 5.43 Å². The van der Waals surface area contributed by atoms with Crippen LogP contribution >= 0.6 is 12.2 Å². The second kappa shape index (κ2) is 7.19. The molecule has 0 aliphatic carbocycles. The maximum Gasteiger partial charge on any atom is 0.191 e. The molecule has 0 radical (unpaired) electrons. The first-order valence-electron chi connectivity index (χ1n) is 7.47. The number of rotatable bonds is 3. The fourth-order valence-electron chi connectivity index (χ4n) is 2.39. The van der Waals surface area contributed by atoms with Gasteiger partial charge in [-0.2, -0.15) is 5.10 Å². The molecule has 3 rings (SSSR count). The molecule has 0 saturated carbocycles. The summed E-state index contributed by atoms with van der Waals surface area (Å²) in [5.74, 6) is -0.288. The zero-order valence-corrected chi connectivity index (χ0v) is 13.9. The average molecular weight is 337 g/mol. The number of fused-ring (bicyclic) bond motifs is 1. The minimum absolute atomic E-state index is 0.288. The first kappa shape index (κ1) is 16.1. The standard InChI is InChI=1S/C19H16FN3S/c1-13-5-10-18-14(11-13)3-2-4-15(18)12-21-23-19(24)22-17-8-6-16(20)7-9-17/h2-12H,1H3,(H2,22,23,24). The molecule has 0 aliphatic heterocycles. The van der Waals surface area contributed by atoms with Crippen molar-refractivity contribution in [2.24, 2.45) is 5.10 Å². The lowest BCUT2D eigenvalue weighted by molar-refractivity contribution is 0.628. The lowest BCUT2D eigenvalue weighted by atomic mass is 10.0. The van der Waals surface area contributed by atoms with Gasteiger partial charge in [-0.1, -0.05) is 42.0 Å². The lowest BCUT2D eigenvalue weighted by Gasteiger charge is -2.07. The summed E-state index contributed by atoms with van der Waals surface area (Å²) in [6, 6.07) is 18.3. The van der Waals surface area contributed by atoms with Gasteiger partial charge in [0, 0.05) is 11.3 Å². The van der Waals surface area contributed by atoms with Gasteiger partial charge in [-0.3, -0.25) is 5.43 Å². The highest BCUT2D eigenvalue weighted by Gasteiger charge is 1.99. The third kappa shape index (κ3) is 3.94. The number of anilines is 1. The second-order valence-corrected chi connectivity index (χ2v) is 5.81. The molecule has 0 aliphatic rings. The molecule has 3 nitrogen and oxygen atoms in total. The van der Waals surface area contributed by atoms with Crippen molar-refractivity contribution in [3.63, 3.8) is 0 Å². The quantitative estimate of drug-likeness (QED) is 0.416. The highest BCUT2D eigenvalue weighted by molar-refractivity contribution is 7.80. The van der Waals surface area contributed by atoms with Gasteiger partial charge in [0.25, 0.3) is 0 Å². The molecule has 0 bridgehead atoms. The van der Waals surface area contributed by atoms with E-state index in [9.17, 15) is 4.39 Å². The predicted molar refractivity (Wildman–Crippen MR) is 102 cm³/mol. The number of hydrogen-bond acceptors (Lipinski definition) is 2. The van der Waals surface area contributed by atoms with Crippen molar-refractivity contribution >= 4 is 40.0 Å². The van der Waals surface area contributed by atoms with Gasteiger partial charge in [0.15, 0.2) is 5.11 Å². The molecule has 120 valence electrons. The van der Waals surface area contributed by atoms with E-state index >= 15 is 0 Å². The molecule has 0 fully saturated rings. The number of hydrazone groups is 1. The Hall–Kier alpha value is -2.79. The molecule has 0 saturated heterocycles. The van der Waals surface area contributed by atoms with E-state index in [-0.39, 0.29) is 5.82 Å². The van der Waals surface area contributed by atoms with Crippen molar-refractivity contribution in [2.45, 2.75) is 6.92 Å². The number of nitrogens with one attached hydrogen (secondary N) is 2. The normalized spacial score (nSPS) is 10.9. The number of nitrogens with zero attached hydrogens (tertiary/aromatic N) is 1. The van der Waals surface area contributed by atoms with Crippen LogP contribution in [0.15, 0.2) is 65.8 Å². The fourth-order valence-corrected chi connectivity index (χ4v) is 2.56. The van der Waals surface area contributed by atoms with Crippen molar-refractivity contribution in [2.75, 3.05) is 5.32 Å².